The van der Waals surface area contributed by atoms with E-state index in [-0.39, 0.29) is 19.3 Å². The van der Waals surface area contributed by atoms with Gasteiger partial charge < -0.3 is 5.73 Å². The van der Waals surface area contributed by atoms with Gasteiger partial charge in [0, 0.05) is 0 Å². The number of nitrogens with one attached hydrogen (secondary N) is 1. The lowest BCUT2D eigenvalue weighted by Gasteiger charge is -2.32. The van der Waals surface area contributed by atoms with Gasteiger partial charge in [-0.25, -0.2) is 30.0 Å². The van der Waals surface area contributed by atoms with E-state index in [0.717, 1.165) is 0 Å². The van der Waals surface area contributed by atoms with Crippen molar-refractivity contribution in [2.75, 3.05) is 17.3 Å². The Morgan fingerprint density at radius 2 is 0.931 bits per heavy atom. The number of urea groups is 1. The van der Waals surface area contributed by atoms with E-state index >= 15 is 0 Å². The molecule has 0 aromatic rings. The lowest BCUT2D eigenvalue weighted by atomic mass is 10.3. The third-order valence-electron chi connectivity index (χ3n) is 4.55. The summed E-state index contributed by atoms with van der Waals surface area (Å²) in [5, 5.41) is 1.67. The second kappa shape index (κ2) is 12.1. The zero-order valence-corrected chi connectivity index (χ0v) is 20.1. The van der Waals surface area contributed by atoms with Crippen molar-refractivity contribution in [2.45, 2.75) is 82.1 Å². The molecule has 12 heteroatoms. The molecule has 3 N–H and O–H groups in total. The fourth-order valence-electron chi connectivity index (χ4n) is 2.99. The van der Waals surface area contributed by atoms with E-state index in [2.05, 4.69) is 0 Å². The molecule has 29 heavy (non-hydrogen) atoms. The normalized spacial score (nSPS) is 13.3. The van der Waals surface area contributed by atoms with Crippen LogP contribution in [0.2, 0.25) is 0 Å². The van der Waals surface area contributed by atoms with Crippen LogP contribution in [0.5, 0.6) is 0 Å². The predicted octanol–water partition coefficient (Wildman–Crippen LogP) is 2.08. The molecule has 0 heterocycles. The van der Waals surface area contributed by atoms with Crippen LogP contribution >= 0.6 is 0 Å². The zero-order valence-electron chi connectivity index (χ0n) is 17.6. The molecule has 0 fully saturated rings. The zero-order chi connectivity index (χ0) is 22.8. The van der Waals surface area contributed by atoms with Crippen molar-refractivity contribution in [2.24, 2.45) is 5.73 Å². The number of amides is 2. The summed E-state index contributed by atoms with van der Waals surface area (Å²) in [5.74, 6) is -2.04. The Balaban J connectivity index is 6.64. The van der Waals surface area contributed by atoms with Crippen molar-refractivity contribution in [3.8, 4) is 0 Å². The van der Waals surface area contributed by atoms with Crippen molar-refractivity contribution < 1.29 is 30.0 Å². The summed E-state index contributed by atoms with van der Waals surface area (Å²) < 4.78 is 75.7. The Bertz CT molecular complexity index is 721. The van der Waals surface area contributed by atoms with Crippen LogP contribution < -0.4 is 11.1 Å². The number of unbranched alkanes of at least 4 members (excludes halogenated alkanes) is 6. The molecule has 0 aliphatic heterocycles. The third kappa shape index (κ3) is 7.09. The van der Waals surface area contributed by atoms with Gasteiger partial charge >= 0.3 is 9.57 Å². The number of sulfone groups is 3. The first-order valence-electron chi connectivity index (χ1n) is 10.1. The molecule has 0 aliphatic carbocycles. The van der Waals surface area contributed by atoms with Crippen LogP contribution in [0.1, 0.15) is 78.6 Å². The maximum atomic E-state index is 13.2. The highest BCUT2D eigenvalue weighted by Gasteiger charge is 2.64. The minimum absolute atomic E-state index is 0.0794. The summed E-state index contributed by atoms with van der Waals surface area (Å²) in [6, 6.07) is -1.51. The third-order valence-corrected chi connectivity index (χ3v) is 14.4. The Hall–Kier alpha value is -0.880. The van der Waals surface area contributed by atoms with Crippen LogP contribution in [-0.4, -0.2) is 52.1 Å². The summed E-state index contributed by atoms with van der Waals surface area (Å²) in [6.07, 6.45) is 3.60. The molecule has 0 atom stereocenters. The Labute approximate surface area is 176 Å². The number of nitrogens with two attached hydrogens (primary N) is 1. The molecule has 0 bridgehead atoms. The summed E-state index contributed by atoms with van der Waals surface area (Å²) in [7, 11) is -14.5. The summed E-state index contributed by atoms with van der Waals surface area (Å²) in [6.45, 7) is 5.47. The standard InChI is InChI=1S/C17H36N2O7S3/c1-4-7-10-13-27(21,22)17(19-16(18)20,28(23,24)14-11-8-5-2)29(25,26)15-12-9-6-3/h4-15H2,1-3H3,(H3,18,19,20). The molecular weight excluding hydrogens is 440 g/mol. The van der Waals surface area contributed by atoms with Crippen LogP contribution in [0.15, 0.2) is 0 Å². The first-order valence-corrected chi connectivity index (χ1v) is 15.0. The predicted molar refractivity (Wildman–Crippen MR) is 115 cm³/mol. The van der Waals surface area contributed by atoms with Gasteiger partial charge in [-0.2, -0.15) is 0 Å². The van der Waals surface area contributed by atoms with Crippen molar-refractivity contribution in [3.05, 3.63) is 0 Å². The quantitative estimate of drug-likeness (QED) is 0.323. The van der Waals surface area contributed by atoms with E-state index in [1.807, 2.05) is 20.8 Å². The van der Waals surface area contributed by atoms with E-state index in [4.69, 9.17) is 5.73 Å². The lowest BCUT2D eigenvalue weighted by Crippen LogP contribution is -2.67. The second-order valence-corrected chi connectivity index (χ2v) is 14.6. The molecule has 0 rings (SSSR count). The number of carbonyl (C=O) groups is 1. The van der Waals surface area contributed by atoms with Crippen molar-refractivity contribution in [1.82, 2.24) is 5.32 Å². The van der Waals surface area contributed by atoms with Crippen LogP contribution in [0.4, 0.5) is 4.79 Å². The minimum atomic E-state index is -4.83. The van der Waals surface area contributed by atoms with E-state index in [1.165, 1.54) is 0 Å². The number of hydrogen-bond donors (Lipinski definition) is 2. The number of hydrogen-bond acceptors (Lipinski definition) is 7. The van der Waals surface area contributed by atoms with Gasteiger partial charge in [0.05, 0.1) is 17.3 Å². The van der Waals surface area contributed by atoms with E-state index in [1.54, 1.807) is 5.32 Å². The fraction of sp³-hybridized carbons (Fsp3) is 0.941. The molecule has 0 aromatic carbocycles. The number of rotatable bonds is 16. The van der Waals surface area contributed by atoms with Gasteiger partial charge in [0.1, 0.15) is 0 Å². The summed E-state index contributed by atoms with van der Waals surface area (Å²) in [4.78, 5) is 11.7. The van der Waals surface area contributed by atoms with E-state index in [0.29, 0.717) is 38.5 Å². The second-order valence-electron chi connectivity index (χ2n) is 7.12. The van der Waals surface area contributed by atoms with Crippen LogP contribution in [0, 0.1) is 0 Å². The van der Waals surface area contributed by atoms with Crippen LogP contribution in [0.25, 0.3) is 0 Å². The Morgan fingerprint density at radius 3 is 1.14 bits per heavy atom. The van der Waals surface area contributed by atoms with Gasteiger partial charge in [-0.15, -0.1) is 0 Å². The molecule has 0 aromatic heterocycles. The average Bonchev–Trinajstić information content (AvgIpc) is 2.59. The maximum absolute atomic E-state index is 13.2. The molecule has 9 nitrogen and oxygen atoms in total. The smallest absolute Gasteiger partial charge is 0.345 e. The molecule has 2 amide bonds. The molecule has 0 saturated heterocycles. The van der Waals surface area contributed by atoms with E-state index in [9.17, 15) is 30.0 Å². The average molecular weight is 477 g/mol. The van der Waals surface area contributed by atoms with Crippen LogP contribution in [0.3, 0.4) is 0 Å². The number of carbonyl (C=O) groups excluding carboxylic acids is 1. The molecule has 0 radical (unpaired) electrons. The van der Waals surface area contributed by atoms with Crippen molar-refractivity contribution in [1.29, 1.82) is 0 Å². The highest BCUT2D eigenvalue weighted by Crippen LogP contribution is 2.33. The molecular formula is C17H36N2O7S3. The minimum Gasteiger partial charge on any atom is -0.352 e. The first kappa shape index (κ1) is 28.1. The Kier molecular flexibility index (Phi) is 11.7. The van der Waals surface area contributed by atoms with Gasteiger partial charge in [0.2, 0.25) is 29.5 Å². The van der Waals surface area contributed by atoms with E-state index < -0.39 is 56.3 Å². The maximum Gasteiger partial charge on any atom is 0.345 e. The van der Waals surface area contributed by atoms with Gasteiger partial charge in [0.15, 0.2) is 0 Å². The summed E-state index contributed by atoms with van der Waals surface area (Å²) >= 11 is 0. The van der Waals surface area contributed by atoms with Crippen molar-refractivity contribution >= 4 is 35.5 Å². The van der Waals surface area contributed by atoms with Crippen molar-refractivity contribution in [3.63, 3.8) is 0 Å². The SMILES string of the molecule is CCCCCS(=O)(=O)C(NC(N)=O)(S(=O)(=O)CCCCC)S(=O)(=O)CCCCC. The van der Waals surface area contributed by atoms with Gasteiger partial charge in [-0.1, -0.05) is 59.3 Å². The van der Waals surface area contributed by atoms with Gasteiger partial charge in [-0.3, -0.25) is 5.32 Å². The molecule has 174 valence electrons. The number of primary amides is 1. The van der Waals surface area contributed by atoms with Gasteiger partial charge in [-0.05, 0) is 19.3 Å². The highest BCUT2D eigenvalue weighted by molar-refractivity contribution is 8.25. The molecule has 0 saturated carbocycles. The molecule has 0 aliphatic rings. The lowest BCUT2D eigenvalue weighted by molar-refractivity contribution is 0.248. The highest BCUT2D eigenvalue weighted by atomic mass is 32.3. The fourth-order valence-corrected chi connectivity index (χ4v) is 12.5. The van der Waals surface area contributed by atoms with Crippen LogP contribution in [-0.2, 0) is 29.5 Å². The topological polar surface area (TPSA) is 158 Å². The molecule has 0 spiro atoms. The Morgan fingerprint density at radius 1 is 0.655 bits per heavy atom. The monoisotopic (exact) mass is 476 g/mol. The van der Waals surface area contributed by atoms with Gasteiger partial charge in [0.25, 0.3) is 0 Å². The summed E-state index contributed by atoms with van der Waals surface area (Å²) in [5.41, 5.74) is 5.09. The largest absolute Gasteiger partial charge is 0.352 e. The molecule has 0 unspecified atom stereocenters. The first-order chi connectivity index (χ1) is 13.3.